The van der Waals surface area contributed by atoms with Gasteiger partial charge < -0.3 is 4.90 Å². The Morgan fingerprint density at radius 1 is 0.966 bits per heavy atom. The number of nitrogens with zero attached hydrogens (tertiary/aromatic N) is 3. The average molecular weight is 386 g/mol. The van der Waals surface area contributed by atoms with E-state index in [0.29, 0.717) is 5.92 Å². The molecular weight excluding hydrogens is 354 g/mol. The second-order valence-corrected chi connectivity index (χ2v) is 8.35. The molecule has 150 valence electrons. The second kappa shape index (κ2) is 9.69. The van der Waals surface area contributed by atoms with Crippen LogP contribution in [0.15, 0.2) is 83.8 Å². The summed E-state index contributed by atoms with van der Waals surface area (Å²) in [5, 5.41) is 0. The zero-order valence-corrected chi connectivity index (χ0v) is 17.4. The molecule has 0 bridgehead atoms. The summed E-state index contributed by atoms with van der Waals surface area (Å²) in [6.07, 6.45) is 16.3. The van der Waals surface area contributed by atoms with Crippen molar-refractivity contribution in [2.75, 3.05) is 13.1 Å². The number of pyridine rings is 1. The highest BCUT2D eigenvalue weighted by Gasteiger charge is 2.23. The van der Waals surface area contributed by atoms with Crippen LogP contribution in [0.3, 0.4) is 0 Å². The van der Waals surface area contributed by atoms with Crippen molar-refractivity contribution < 1.29 is 0 Å². The van der Waals surface area contributed by atoms with E-state index >= 15 is 0 Å². The first-order chi connectivity index (χ1) is 14.3. The van der Waals surface area contributed by atoms with Crippen molar-refractivity contribution in [2.45, 2.75) is 39.0 Å². The Kier molecular flexibility index (Phi) is 6.56. The van der Waals surface area contributed by atoms with Gasteiger partial charge in [0, 0.05) is 38.1 Å². The van der Waals surface area contributed by atoms with E-state index in [0.717, 1.165) is 31.8 Å². The molecule has 1 fully saturated rings. The molecule has 0 aliphatic carbocycles. The van der Waals surface area contributed by atoms with Gasteiger partial charge in [-0.2, -0.15) is 0 Å². The van der Waals surface area contributed by atoms with Crippen LogP contribution in [0.2, 0.25) is 0 Å². The molecule has 0 radical (unpaired) electrons. The minimum absolute atomic E-state index is 0.418. The molecule has 3 nitrogen and oxygen atoms in total. The van der Waals surface area contributed by atoms with Gasteiger partial charge in [-0.15, -0.1) is 0 Å². The number of rotatable bonds is 4. The SMILES string of the molecule is CC1C=CN=C(N2CCCC(Cc3ccncc3)CC2)C(Cc2ccccc2)=C1. The number of aliphatic imine (C=N–C) groups is 1. The number of amidine groups is 1. The summed E-state index contributed by atoms with van der Waals surface area (Å²) >= 11 is 0. The summed E-state index contributed by atoms with van der Waals surface area (Å²) in [6.45, 7) is 4.43. The van der Waals surface area contributed by atoms with Crippen LogP contribution in [0.1, 0.15) is 37.3 Å². The Balaban J connectivity index is 1.47. The van der Waals surface area contributed by atoms with E-state index in [2.05, 4.69) is 71.4 Å². The second-order valence-electron chi connectivity index (χ2n) is 8.35. The first-order valence-corrected chi connectivity index (χ1v) is 10.9. The zero-order valence-electron chi connectivity index (χ0n) is 17.4. The van der Waals surface area contributed by atoms with Gasteiger partial charge in [0.15, 0.2) is 0 Å². The predicted octanol–water partition coefficient (Wildman–Crippen LogP) is 5.46. The van der Waals surface area contributed by atoms with Gasteiger partial charge in [0.2, 0.25) is 0 Å². The molecule has 0 spiro atoms. The van der Waals surface area contributed by atoms with Crippen molar-refractivity contribution in [1.82, 2.24) is 9.88 Å². The van der Waals surface area contributed by atoms with Crippen LogP contribution in [0.5, 0.6) is 0 Å². The summed E-state index contributed by atoms with van der Waals surface area (Å²) < 4.78 is 0. The zero-order chi connectivity index (χ0) is 19.9. The van der Waals surface area contributed by atoms with E-state index in [-0.39, 0.29) is 0 Å². The van der Waals surface area contributed by atoms with Crippen molar-refractivity contribution in [1.29, 1.82) is 0 Å². The summed E-state index contributed by atoms with van der Waals surface area (Å²) in [7, 11) is 0. The molecule has 29 heavy (non-hydrogen) atoms. The van der Waals surface area contributed by atoms with Crippen molar-refractivity contribution in [2.24, 2.45) is 16.8 Å². The number of allylic oxidation sites excluding steroid dienone is 2. The van der Waals surface area contributed by atoms with Crippen molar-refractivity contribution >= 4 is 5.84 Å². The van der Waals surface area contributed by atoms with Crippen LogP contribution in [-0.4, -0.2) is 28.8 Å². The monoisotopic (exact) mass is 385 g/mol. The molecule has 3 heteroatoms. The number of hydrogen-bond acceptors (Lipinski definition) is 3. The quantitative estimate of drug-likeness (QED) is 0.699. The minimum atomic E-state index is 0.418. The van der Waals surface area contributed by atoms with Gasteiger partial charge in [0.25, 0.3) is 0 Å². The highest BCUT2D eigenvalue weighted by molar-refractivity contribution is 5.99. The standard InChI is InChI=1S/C26H31N3/c1-21-9-15-28-26(25(18-21)20-22-6-3-2-4-7-22)29-16-5-8-23(12-17-29)19-24-10-13-27-14-11-24/h2-4,6-7,9-11,13-15,18,21,23H,5,8,12,16-17,19-20H2,1H3. The molecule has 2 aromatic rings. The third kappa shape index (κ3) is 5.44. The topological polar surface area (TPSA) is 28.5 Å². The third-order valence-electron chi connectivity index (χ3n) is 6.00. The van der Waals surface area contributed by atoms with Gasteiger partial charge in [0.1, 0.15) is 5.84 Å². The predicted molar refractivity (Wildman–Crippen MR) is 121 cm³/mol. The fraction of sp³-hybridized carbons (Fsp3) is 0.385. The number of benzene rings is 1. The highest BCUT2D eigenvalue weighted by atomic mass is 15.2. The highest BCUT2D eigenvalue weighted by Crippen LogP contribution is 2.25. The number of hydrogen-bond donors (Lipinski definition) is 0. The van der Waals surface area contributed by atoms with Gasteiger partial charge >= 0.3 is 0 Å². The first-order valence-electron chi connectivity index (χ1n) is 10.9. The average Bonchev–Trinajstić information content (AvgIpc) is 3.07. The summed E-state index contributed by atoms with van der Waals surface area (Å²) in [4.78, 5) is 11.6. The maximum Gasteiger partial charge on any atom is 0.131 e. The van der Waals surface area contributed by atoms with E-state index in [1.807, 2.05) is 18.6 Å². The van der Waals surface area contributed by atoms with Crippen LogP contribution in [0.4, 0.5) is 0 Å². The molecule has 4 rings (SSSR count). The molecule has 1 aromatic carbocycles. The number of likely N-dealkylation sites (tertiary alicyclic amines) is 1. The van der Waals surface area contributed by atoms with Crippen LogP contribution >= 0.6 is 0 Å². The lowest BCUT2D eigenvalue weighted by Crippen LogP contribution is -2.34. The fourth-order valence-corrected chi connectivity index (χ4v) is 4.45. The van der Waals surface area contributed by atoms with Crippen molar-refractivity contribution in [3.05, 3.63) is 89.9 Å². The van der Waals surface area contributed by atoms with E-state index < -0.39 is 0 Å². The Morgan fingerprint density at radius 3 is 2.62 bits per heavy atom. The van der Waals surface area contributed by atoms with Crippen LogP contribution in [0.25, 0.3) is 0 Å². The maximum absolute atomic E-state index is 4.91. The Bertz CT molecular complexity index is 867. The smallest absolute Gasteiger partial charge is 0.131 e. The van der Waals surface area contributed by atoms with Gasteiger partial charge in [-0.05, 0) is 66.4 Å². The van der Waals surface area contributed by atoms with Gasteiger partial charge in [0.05, 0.1) is 0 Å². The molecule has 2 aliphatic rings. The van der Waals surface area contributed by atoms with E-state index in [4.69, 9.17) is 4.99 Å². The molecule has 1 saturated heterocycles. The van der Waals surface area contributed by atoms with E-state index in [1.54, 1.807) is 0 Å². The van der Waals surface area contributed by atoms with Crippen LogP contribution in [-0.2, 0) is 12.8 Å². The molecule has 2 unspecified atom stereocenters. The summed E-state index contributed by atoms with van der Waals surface area (Å²) in [5.41, 5.74) is 4.12. The summed E-state index contributed by atoms with van der Waals surface area (Å²) in [5.74, 6) is 2.34. The summed E-state index contributed by atoms with van der Waals surface area (Å²) in [6, 6.07) is 15.1. The Morgan fingerprint density at radius 2 is 1.79 bits per heavy atom. The first kappa shape index (κ1) is 19.6. The maximum atomic E-state index is 4.91. The van der Waals surface area contributed by atoms with Crippen LogP contribution < -0.4 is 0 Å². The third-order valence-corrected chi connectivity index (χ3v) is 6.00. The molecule has 0 saturated carbocycles. The fourth-order valence-electron chi connectivity index (χ4n) is 4.45. The lowest BCUT2D eigenvalue weighted by molar-refractivity contribution is 0.415. The van der Waals surface area contributed by atoms with E-state index in [1.165, 1.54) is 41.8 Å². The van der Waals surface area contributed by atoms with Gasteiger partial charge in [-0.25, -0.2) is 4.99 Å². The Hall–Kier alpha value is -2.68. The van der Waals surface area contributed by atoms with Crippen LogP contribution in [0, 0.1) is 11.8 Å². The van der Waals surface area contributed by atoms with E-state index in [9.17, 15) is 0 Å². The molecule has 1 aromatic heterocycles. The van der Waals surface area contributed by atoms with Crippen molar-refractivity contribution in [3.63, 3.8) is 0 Å². The van der Waals surface area contributed by atoms with Gasteiger partial charge in [-0.1, -0.05) is 49.4 Å². The molecule has 2 aliphatic heterocycles. The normalized spacial score (nSPS) is 22.4. The van der Waals surface area contributed by atoms with Crippen molar-refractivity contribution in [3.8, 4) is 0 Å². The lowest BCUT2D eigenvalue weighted by Gasteiger charge is -2.26. The van der Waals surface area contributed by atoms with Gasteiger partial charge in [-0.3, -0.25) is 4.98 Å². The Labute approximate surface area is 174 Å². The molecule has 3 heterocycles. The molecular formula is C26H31N3. The molecule has 0 N–H and O–H groups in total. The molecule has 0 amide bonds. The lowest BCUT2D eigenvalue weighted by atomic mass is 9.93. The molecule has 2 atom stereocenters. The minimum Gasteiger partial charge on any atom is -0.356 e. The largest absolute Gasteiger partial charge is 0.356 e. The number of aromatic nitrogens is 1.